The van der Waals surface area contributed by atoms with E-state index in [0.29, 0.717) is 11.1 Å². The van der Waals surface area contributed by atoms with E-state index in [1.807, 2.05) is 0 Å². The number of phenolic OH excluding ortho intramolecular Hbond substituents is 1. The molecule has 25 heavy (non-hydrogen) atoms. The van der Waals surface area contributed by atoms with Crippen LogP contribution in [0.2, 0.25) is 0 Å². The smallest absolute Gasteiger partial charge is 0.276 e. The van der Waals surface area contributed by atoms with Gasteiger partial charge in [0.2, 0.25) is 5.89 Å². The third kappa shape index (κ3) is 4.13. The molecule has 0 saturated heterocycles. The lowest BCUT2D eigenvalue weighted by Gasteiger charge is -2.01. The average molecular weight is 361 g/mol. The number of halogens is 1. The predicted octanol–water partition coefficient (Wildman–Crippen LogP) is 3.71. The number of phenols is 1. The van der Waals surface area contributed by atoms with Crippen LogP contribution in [-0.4, -0.2) is 20.2 Å². The van der Waals surface area contributed by atoms with Gasteiger partial charge in [0.25, 0.3) is 10.9 Å². The summed E-state index contributed by atoms with van der Waals surface area (Å²) in [6.45, 7) is 0. The number of nitrogens with zero attached hydrogens (tertiary/aromatic N) is 3. The molecule has 0 aliphatic rings. The molecule has 0 bridgehead atoms. The van der Waals surface area contributed by atoms with Gasteiger partial charge in [-0.3, -0.25) is 10.1 Å². The number of nitro groups is 1. The zero-order valence-electron chi connectivity index (χ0n) is 12.8. The second kappa shape index (κ2) is 7.31. The number of rotatable bonds is 6. The molecule has 1 aromatic heterocycles. The molecule has 0 aliphatic heterocycles. The lowest BCUT2D eigenvalue weighted by molar-refractivity contribution is -0.385. The normalized spacial score (nSPS) is 10.8. The van der Waals surface area contributed by atoms with Crippen LogP contribution in [0.1, 0.15) is 17.0 Å². The SMILES string of the molecule is O=[N+]([O-])c1ccc(O)cc1CSc1nnc(Cc2ccccc2F)o1. The number of nitro benzene ring substituents is 1. The van der Waals surface area contributed by atoms with Crippen molar-refractivity contribution in [3.63, 3.8) is 0 Å². The highest BCUT2D eigenvalue weighted by Crippen LogP contribution is 2.30. The summed E-state index contributed by atoms with van der Waals surface area (Å²) >= 11 is 1.10. The van der Waals surface area contributed by atoms with Gasteiger partial charge in [0.05, 0.1) is 11.3 Å². The van der Waals surface area contributed by atoms with Crippen molar-refractivity contribution in [2.75, 3.05) is 0 Å². The molecule has 0 radical (unpaired) electrons. The second-order valence-corrected chi connectivity index (χ2v) is 6.02. The Hall–Kier alpha value is -2.94. The van der Waals surface area contributed by atoms with E-state index in [0.717, 1.165) is 11.8 Å². The Morgan fingerprint density at radius 3 is 2.76 bits per heavy atom. The molecule has 7 nitrogen and oxygen atoms in total. The molecule has 3 rings (SSSR count). The van der Waals surface area contributed by atoms with Gasteiger partial charge in [0.1, 0.15) is 11.6 Å². The fourth-order valence-corrected chi connectivity index (χ4v) is 2.94. The Balaban J connectivity index is 1.69. The van der Waals surface area contributed by atoms with Crippen LogP contribution < -0.4 is 0 Å². The summed E-state index contributed by atoms with van der Waals surface area (Å²) in [7, 11) is 0. The lowest BCUT2D eigenvalue weighted by Crippen LogP contribution is -1.93. The van der Waals surface area contributed by atoms with Crippen molar-refractivity contribution in [3.8, 4) is 5.75 Å². The fraction of sp³-hybridized carbons (Fsp3) is 0.125. The molecular weight excluding hydrogens is 349 g/mol. The van der Waals surface area contributed by atoms with Gasteiger partial charge < -0.3 is 9.52 Å². The van der Waals surface area contributed by atoms with Crippen molar-refractivity contribution >= 4 is 17.4 Å². The minimum Gasteiger partial charge on any atom is -0.508 e. The van der Waals surface area contributed by atoms with Gasteiger partial charge in [-0.05, 0) is 23.8 Å². The second-order valence-electron chi connectivity index (χ2n) is 5.09. The first-order valence-corrected chi connectivity index (χ1v) is 8.16. The van der Waals surface area contributed by atoms with Gasteiger partial charge in [0.15, 0.2) is 0 Å². The highest BCUT2D eigenvalue weighted by molar-refractivity contribution is 7.98. The number of benzene rings is 2. The molecular formula is C16H12FN3O4S. The van der Waals surface area contributed by atoms with Crippen molar-refractivity contribution in [1.82, 2.24) is 10.2 Å². The Kier molecular flexibility index (Phi) is 4.94. The molecule has 0 unspecified atom stereocenters. The fourth-order valence-electron chi connectivity index (χ4n) is 2.18. The summed E-state index contributed by atoms with van der Waals surface area (Å²) < 4.78 is 19.1. The average Bonchev–Trinajstić information content (AvgIpc) is 3.02. The third-order valence-electron chi connectivity index (χ3n) is 3.36. The number of aromatic hydroxyl groups is 1. The third-order valence-corrected chi connectivity index (χ3v) is 4.23. The van der Waals surface area contributed by atoms with Crippen molar-refractivity contribution in [3.05, 3.63) is 75.4 Å². The highest BCUT2D eigenvalue weighted by atomic mass is 32.2. The van der Waals surface area contributed by atoms with Gasteiger partial charge in [-0.1, -0.05) is 30.0 Å². The number of aromatic nitrogens is 2. The van der Waals surface area contributed by atoms with Crippen LogP contribution in [0.25, 0.3) is 0 Å². The minimum atomic E-state index is -0.521. The summed E-state index contributed by atoms with van der Waals surface area (Å²) in [6, 6.07) is 10.1. The first-order chi connectivity index (χ1) is 12.0. The molecule has 0 atom stereocenters. The summed E-state index contributed by atoms with van der Waals surface area (Å²) in [5, 5.41) is 28.4. The van der Waals surface area contributed by atoms with Crippen LogP contribution in [-0.2, 0) is 12.2 Å². The summed E-state index contributed by atoms with van der Waals surface area (Å²) in [4.78, 5) is 10.5. The predicted molar refractivity (Wildman–Crippen MR) is 87.8 cm³/mol. The molecule has 0 spiro atoms. The van der Waals surface area contributed by atoms with E-state index in [-0.39, 0.29) is 40.5 Å². The number of hydrogen-bond acceptors (Lipinski definition) is 7. The van der Waals surface area contributed by atoms with Gasteiger partial charge in [0, 0.05) is 17.4 Å². The first-order valence-electron chi connectivity index (χ1n) is 7.18. The van der Waals surface area contributed by atoms with E-state index in [1.165, 1.54) is 24.3 Å². The van der Waals surface area contributed by atoms with E-state index in [4.69, 9.17) is 4.42 Å². The highest BCUT2D eigenvalue weighted by Gasteiger charge is 2.16. The first kappa shape index (κ1) is 16.9. The molecule has 9 heteroatoms. The van der Waals surface area contributed by atoms with Crippen molar-refractivity contribution in [2.24, 2.45) is 0 Å². The van der Waals surface area contributed by atoms with Crippen LogP contribution in [0.5, 0.6) is 5.75 Å². The summed E-state index contributed by atoms with van der Waals surface area (Å²) in [5.41, 5.74) is 0.673. The van der Waals surface area contributed by atoms with E-state index in [9.17, 15) is 19.6 Å². The van der Waals surface area contributed by atoms with Crippen LogP contribution in [0.3, 0.4) is 0 Å². The molecule has 0 amide bonds. The standard InChI is InChI=1S/C16H12FN3O4S/c17-13-4-2-1-3-10(13)8-15-18-19-16(24-15)25-9-11-7-12(21)5-6-14(11)20(22)23/h1-7,21H,8-9H2. The Morgan fingerprint density at radius 2 is 2.00 bits per heavy atom. The summed E-state index contributed by atoms with van der Waals surface area (Å²) in [5.74, 6) is 0.00162. The van der Waals surface area contributed by atoms with E-state index < -0.39 is 4.92 Å². The maximum absolute atomic E-state index is 13.6. The zero-order chi connectivity index (χ0) is 17.8. The van der Waals surface area contributed by atoms with E-state index >= 15 is 0 Å². The molecule has 128 valence electrons. The van der Waals surface area contributed by atoms with E-state index in [2.05, 4.69) is 10.2 Å². The monoisotopic (exact) mass is 361 g/mol. The van der Waals surface area contributed by atoms with Gasteiger partial charge in [-0.25, -0.2) is 4.39 Å². The minimum absolute atomic E-state index is 0.0630. The van der Waals surface area contributed by atoms with Crippen LogP contribution in [0, 0.1) is 15.9 Å². The Morgan fingerprint density at radius 1 is 1.20 bits per heavy atom. The molecule has 0 fully saturated rings. The Bertz CT molecular complexity index is 916. The number of hydrogen-bond donors (Lipinski definition) is 1. The topological polar surface area (TPSA) is 102 Å². The molecule has 1 N–H and O–H groups in total. The van der Waals surface area contributed by atoms with Crippen molar-refractivity contribution in [2.45, 2.75) is 17.4 Å². The molecule has 3 aromatic rings. The zero-order valence-corrected chi connectivity index (χ0v) is 13.6. The molecule has 0 aliphatic carbocycles. The van der Waals surface area contributed by atoms with Crippen LogP contribution in [0.4, 0.5) is 10.1 Å². The largest absolute Gasteiger partial charge is 0.508 e. The van der Waals surface area contributed by atoms with Crippen molar-refractivity contribution in [1.29, 1.82) is 0 Å². The Labute approximate surface area is 145 Å². The van der Waals surface area contributed by atoms with Gasteiger partial charge >= 0.3 is 0 Å². The summed E-state index contributed by atoms with van der Waals surface area (Å²) in [6.07, 6.45) is 0.159. The lowest BCUT2D eigenvalue weighted by atomic mass is 10.1. The van der Waals surface area contributed by atoms with Gasteiger partial charge in [-0.15, -0.1) is 10.2 Å². The van der Waals surface area contributed by atoms with Crippen LogP contribution in [0.15, 0.2) is 52.1 Å². The molecule has 0 saturated carbocycles. The van der Waals surface area contributed by atoms with Gasteiger partial charge in [-0.2, -0.15) is 0 Å². The van der Waals surface area contributed by atoms with Crippen molar-refractivity contribution < 1.29 is 18.8 Å². The maximum atomic E-state index is 13.6. The van der Waals surface area contributed by atoms with E-state index in [1.54, 1.807) is 18.2 Å². The quantitative estimate of drug-likeness (QED) is 0.405. The molecule has 1 heterocycles. The molecule has 2 aromatic carbocycles. The maximum Gasteiger partial charge on any atom is 0.276 e. The van der Waals surface area contributed by atoms with Crippen LogP contribution >= 0.6 is 11.8 Å². The number of thioether (sulfide) groups is 1.